The van der Waals surface area contributed by atoms with Crippen LogP contribution in [0.4, 0.5) is 0 Å². The van der Waals surface area contributed by atoms with Gasteiger partial charge in [0.1, 0.15) is 0 Å². The number of hydrogen-bond donors (Lipinski definition) is 3. The van der Waals surface area contributed by atoms with Crippen LogP contribution in [0.15, 0.2) is 24.3 Å². The molecule has 0 spiro atoms. The molecule has 0 saturated heterocycles. The van der Waals surface area contributed by atoms with Gasteiger partial charge in [0.25, 0.3) is 0 Å². The second-order valence-electron chi connectivity index (χ2n) is 23.5. The molecule has 0 aromatic rings. The van der Waals surface area contributed by atoms with Crippen LogP contribution in [0.2, 0.25) is 0 Å². The van der Waals surface area contributed by atoms with Crippen LogP contribution in [0.5, 0.6) is 0 Å². The molecule has 0 rings (SSSR count). The lowest BCUT2D eigenvalue weighted by Crippen LogP contribution is -2.45. The Morgan fingerprint density at radius 1 is 0.360 bits per heavy atom. The van der Waals surface area contributed by atoms with Crippen LogP contribution in [0.25, 0.3) is 0 Å². The van der Waals surface area contributed by atoms with Crippen molar-refractivity contribution in [1.82, 2.24) is 5.32 Å². The van der Waals surface area contributed by atoms with Gasteiger partial charge in [-0.2, -0.15) is 0 Å². The summed E-state index contributed by atoms with van der Waals surface area (Å²) in [5.41, 5.74) is 0. The third kappa shape index (κ3) is 61.4. The smallest absolute Gasteiger partial charge is 0.305 e. The summed E-state index contributed by atoms with van der Waals surface area (Å²) in [6, 6.07) is -0.623. The average molecular weight is 1060 g/mol. The topological polar surface area (TPSA) is 95.9 Å². The fraction of sp³-hybridized carbons (Fsp3) is 0.913. The summed E-state index contributed by atoms with van der Waals surface area (Å²) in [4.78, 5) is 24.5. The van der Waals surface area contributed by atoms with Gasteiger partial charge in [0.15, 0.2) is 0 Å². The molecule has 75 heavy (non-hydrogen) atoms. The van der Waals surface area contributed by atoms with Gasteiger partial charge < -0.3 is 20.3 Å². The van der Waals surface area contributed by atoms with Gasteiger partial charge in [-0.3, -0.25) is 9.59 Å². The van der Waals surface area contributed by atoms with E-state index in [1.54, 1.807) is 6.08 Å². The van der Waals surface area contributed by atoms with Crippen LogP contribution in [0.1, 0.15) is 380 Å². The maximum atomic E-state index is 12.4. The third-order valence-corrected chi connectivity index (χ3v) is 16.0. The number of aliphatic hydroxyl groups excluding tert-OH is 2. The third-order valence-electron chi connectivity index (χ3n) is 16.0. The van der Waals surface area contributed by atoms with E-state index < -0.39 is 12.1 Å². The van der Waals surface area contributed by atoms with Crippen molar-refractivity contribution in [2.45, 2.75) is 392 Å². The van der Waals surface area contributed by atoms with E-state index in [0.29, 0.717) is 19.4 Å². The highest BCUT2D eigenvalue weighted by Gasteiger charge is 2.18. The van der Waals surface area contributed by atoms with Crippen molar-refractivity contribution in [1.29, 1.82) is 0 Å². The fourth-order valence-corrected chi connectivity index (χ4v) is 10.7. The summed E-state index contributed by atoms with van der Waals surface area (Å²) >= 11 is 0. The maximum absolute atomic E-state index is 12.4. The Labute approximate surface area is 469 Å². The molecule has 6 heteroatoms. The molecule has 1 amide bonds. The van der Waals surface area contributed by atoms with Crippen molar-refractivity contribution in [2.75, 3.05) is 13.2 Å². The number of esters is 1. The van der Waals surface area contributed by atoms with Crippen molar-refractivity contribution in [2.24, 2.45) is 0 Å². The maximum Gasteiger partial charge on any atom is 0.305 e. The zero-order chi connectivity index (χ0) is 54.3. The zero-order valence-corrected chi connectivity index (χ0v) is 50.8. The van der Waals surface area contributed by atoms with Crippen molar-refractivity contribution in [3.8, 4) is 0 Å². The molecular weight excluding hydrogens is 923 g/mol. The quantitative estimate of drug-likeness (QED) is 0.0320. The number of carbonyl (C=O) groups is 2. The lowest BCUT2D eigenvalue weighted by molar-refractivity contribution is -0.143. The molecule has 6 nitrogen and oxygen atoms in total. The summed E-state index contributed by atoms with van der Waals surface area (Å²) in [6.45, 7) is 4.92. The molecule has 2 unspecified atom stereocenters. The monoisotopic (exact) mass is 1060 g/mol. The summed E-state index contributed by atoms with van der Waals surface area (Å²) < 4.78 is 5.49. The summed E-state index contributed by atoms with van der Waals surface area (Å²) in [6.07, 6.45) is 81.2. The van der Waals surface area contributed by atoms with E-state index in [9.17, 15) is 19.8 Å². The molecular formula is C69H133NO5. The number of aliphatic hydroxyl groups is 2. The predicted molar refractivity (Wildman–Crippen MR) is 329 cm³/mol. The van der Waals surface area contributed by atoms with E-state index in [1.807, 2.05) is 6.08 Å². The number of amides is 1. The van der Waals surface area contributed by atoms with E-state index in [2.05, 4.69) is 31.3 Å². The predicted octanol–water partition coefficient (Wildman–Crippen LogP) is 21.8. The van der Waals surface area contributed by atoms with Crippen LogP contribution in [0, 0.1) is 0 Å². The zero-order valence-electron chi connectivity index (χ0n) is 50.8. The summed E-state index contributed by atoms with van der Waals surface area (Å²) in [7, 11) is 0. The van der Waals surface area contributed by atoms with E-state index in [-0.39, 0.29) is 18.5 Å². The molecule has 2 atom stereocenters. The number of ether oxygens (including phenoxy) is 1. The van der Waals surface area contributed by atoms with Crippen molar-refractivity contribution >= 4 is 11.9 Å². The minimum atomic E-state index is -0.840. The van der Waals surface area contributed by atoms with Gasteiger partial charge in [0, 0.05) is 12.8 Å². The van der Waals surface area contributed by atoms with Crippen molar-refractivity contribution < 1.29 is 24.5 Å². The molecule has 0 aromatic heterocycles. The molecule has 444 valence electrons. The average Bonchev–Trinajstić information content (AvgIpc) is 3.41. The molecule has 0 aromatic carbocycles. The van der Waals surface area contributed by atoms with Crippen molar-refractivity contribution in [3.05, 3.63) is 24.3 Å². The molecule has 0 aliphatic rings. The Morgan fingerprint density at radius 3 is 0.947 bits per heavy atom. The minimum Gasteiger partial charge on any atom is -0.466 e. The number of unbranched alkanes of at least 4 members (excludes halogenated alkanes) is 51. The van der Waals surface area contributed by atoms with Gasteiger partial charge in [0.2, 0.25) is 5.91 Å². The highest BCUT2D eigenvalue weighted by molar-refractivity contribution is 5.76. The largest absolute Gasteiger partial charge is 0.466 e. The molecule has 3 N–H and O–H groups in total. The molecule has 0 aliphatic heterocycles. The van der Waals surface area contributed by atoms with Gasteiger partial charge in [-0.25, -0.2) is 0 Å². The Balaban J connectivity index is 3.33. The molecule has 0 heterocycles. The minimum absolute atomic E-state index is 0.0211. The summed E-state index contributed by atoms with van der Waals surface area (Å²) in [5.74, 6) is -0.0435. The number of hydrogen-bond acceptors (Lipinski definition) is 5. The standard InChI is InChI=1S/C69H133NO5/c1-3-5-7-9-11-13-15-16-39-43-47-51-55-59-63-69(74)75-64-60-56-52-48-44-40-37-35-33-31-29-27-25-23-21-19-17-18-20-22-24-26-28-30-32-34-36-38-42-46-50-54-58-62-68(73)70-66(65-71)67(72)61-57-53-49-45-41-14-12-10-8-6-4-2/h21,23,57,61,66-67,71-72H,3-20,22,24-56,58-60,62-65H2,1-2H3,(H,70,73)/b23-21-,61-57+. The first kappa shape index (κ1) is 73.3. The van der Waals surface area contributed by atoms with E-state index in [4.69, 9.17) is 4.74 Å². The van der Waals surface area contributed by atoms with Gasteiger partial charge >= 0.3 is 5.97 Å². The van der Waals surface area contributed by atoms with E-state index in [1.165, 1.54) is 315 Å². The fourth-order valence-electron chi connectivity index (χ4n) is 10.7. The number of carbonyl (C=O) groups excluding carboxylic acids is 2. The van der Waals surface area contributed by atoms with Crippen LogP contribution >= 0.6 is 0 Å². The number of allylic oxidation sites excluding steroid dienone is 3. The molecule has 0 radical (unpaired) electrons. The molecule has 0 aliphatic carbocycles. The number of rotatable bonds is 64. The Hall–Kier alpha value is -1.66. The second-order valence-corrected chi connectivity index (χ2v) is 23.5. The van der Waals surface area contributed by atoms with Gasteiger partial charge in [-0.05, 0) is 57.8 Å². The van der Waals surface area contributed by atoms with Crippen molar-refractivity contribution in [3.63, 3.8) is 0 Å². The van der Waals surface area contributed by atoms with Gasteiger partial charge in [-0.15, -0.1) is 0 Å². The molecule has 0 saturated carbocycles. The second kappa shape index (κ2) is 64.9. The van der Waals surface area contributed by atoms with Gasteiger partial charge in [0.05, 0.1) is 25.4 Å². The first-order valence-corrected chi connectivity index (χ1v) is 34.1. The lowest BCUT2D eigenvalue weighted by Gasteiger charge is -2.20. The van der Waals surface area contributed by atoms with E-state index >= 15 is 0 Å². The van der Waals surface area contributed by atoms with Gasteiger partial charge in [-0.1, -0.05) is 334 Å². The number of nitrogens with one attached hydrogen (secondary N) is 1. The SMILES string of the molecule is CCCCCCCCCCC/C=C/C(O)C(CO)NC(=O)CCCCCCCCCCCCCCCCCCC/C=C\CCCCCCCCCCCCCCOC(=O)CCCCCCCCCCCCCCCC. The Bertz CT molecular complexity index is 1170. The summed E-state index contributed by atoms with van der Waals surface area (Å²) in [5, 5.41) is 23.0. The van der Waals surface area contributed by atoms with Crippen LogP contribution in [0.3, 0.4) is 0 Å². The normalized spacial score (nSPS) is 12.6. The Kier molecular flexibility index (Phi) is 63.4. The highest BCUT2D eigenvalue weighted by atomic mass is 16.5. The first-order valence-electron chi connectivity index (χ1n) is 34.1. The molecule has 0 fully saturated rings. The Morgan fingerprint density at radius 2 is 0.627 bits per heavy atom. The first-order chi connectivity index (χ1) is 37.0. The lowest BCUT2D eigenvalue weighted by atomic mass is 10.0. The van der Waals surface area contributed by atoms with E-state index in [0.717, 1.165) is 38.5 Å². The van der Waals surface area contributed by atoms with Crippen LogP contribution in [-0.4, -0.2) is 47.4 Å². The molecule has 0 bridgehead atoms. The highest BCUT2D eigenvalue weighted by Crippen LogP contribution is 2.18. The van der Waals surface area contributed by atoms with Crippen LogP contribution < -0.4 is 5.32 Å². The van der Waals surface area contributed by atoms with Crippen LogP contribution in [-0.2, 0) is 14.3 Å².